The van der Waals surface area contributed by atoms with Crippen LogP contribution < -0.4 is 10.1 Å². The molecular weight excluding hydrogens is 257 g/mol. The molecule has 0 saturated carbocycles. The molecule has 0 bridgehead atoms. The van der Waals surface area contributed by atoms with Gasteiger partial charge in [0, 0.05) is 12.1 Å². The van der Waals surface area contributed by atoms with E-state index < -0.39 is 0 Å². The summed E-state index contributed by atoms with van der Waals surface area (Å²) in [6, 6.07) is 13.3. The SMILES string of the molecule is COc1ccc(NC(=O)CCc2ccc(F)cc2)cc1. The molecule has 0 aliphatic rings. The van der Waals surface area contributed by atoms with E-state index in [0.717, 1.165) is 17.0 Å². The molecule has 0 unspecified atom stereocenters. The van der Waals surface area contributed by atoms with Crippen LogP contribution in [-0.2, 0) is 11.2 Å². The van der Waals surface area contributed by atoms with Gasteiger partial charge in [-0.25, -0.2) is 4.39 Å². The van der Waals surface area contributed by atoms with Crippen molar-refractivity contribution in [2.24, 2.45) is 0 Å². The fourth-order valence-electron chi connectivity index (χ4n) is 1.81. The van der Waals surface area contributed by atoms with Gasteiger partial charge in [0.15, 0.2) is 0 Å². The first-order valence-corrected chi connectivity index (χ1v) is 6.36. The molecule has 0 aromatic heterocycles. The number of methoxy groups -OCH3 is 1. The van der Waals surface area contributed by atoms with E-state index in [1.165, 1.54) is 12.1 Å². The van der Waals surface area contributed by atoms with Crippen LogP contribution in [0.25, 0.3) is 0 Å². The molecule has 4 heteroatoms. The largest absolute Gasteiger partial charge is 0.497 e. The summed E-state index contributed by atoms with van der Waals surface area (Å²) in [5.41, 5.74) is 1.67. The van der Waals surface area contributed by atoms with Gasteiger partial charge < -0.3 is 10.1 Å². The smallest absolute Gasteiger partial charge is 0.224 e. The summed E-state index contributed by atoms with van der Waals surface area (Å²) in [5.74, 6) is 0.408. The number of carbonyl (C=O) groups is 1. The summed E-state index contributed by atoms with van der Waals surface area (Å²) in [4.78, 5) is 11.8. The van der Waals surface area contributed by atoms with Crippen molar-refractivity contribution in [3.8, 4) is 5.75 Å². The summed E-state index contributed by atoms with van der Waals surface area (Å²) in [5, 5.41) is 2.81. The van der Waals surface area contributed by atoms with Gasteiger partial charge in [0.05, 0.1) is 7.11 Å². The quantitative estimate of drug-likeness (QED) is 0.906. The molecule has 0 spiro atoms. The molecule has 1 amide bonds. The highest BCUT2D eigenvalue weighted by atomic mass is 19.1. The minimum atomic E-state index is -0.267. The lowest BCUT2D eigenvalue weighted by atomic mass is 10.1. The Morgan fingerprint density at radius 2 is 1.75 bits per heavy atom. The van der Waals surface area contributed by atoms with Crippen LogP contribution in [0.3, 0.4) is 0 Å². The number of halogens is 1. The molecule has 0 heterocycles. The zero-order valence-corrected chi connectivity index (χ0v) is 11.2. The van der Waals surface area contributed by atoms with E-state index in [4.69, 9.17) is 4.74 Å². The Morgan fingerprint density at radius 3 is 2.35 bits per heavy atom. The van der Waals surface area contributed by atoms with Gasteiger partial charge in [-0.1, -0.05) is 12.1 Å². The molecule has 2 rings (SSSR count). The van der Waals surface area contributed by atoms with Crippen LogP contribution in [0.2, 0.25) is 0 Å². The topological polar surface area (TPSA) is 38.3 Å². The molecule has 0 atom stereocenters. The maximum Gasteiger partial charge on any atom is 0.224 e. The molecule has 2 aromatic rings. The number of benzene rings is 2. The third kappa shape index (κ3) is 4.09. The molecule has 0 aliphatic carbocycles. The monoisotopic (exact) mass is 273 g/mol. The molecule has 20 heavy (non-hydrogen) atoms. The molecule has 104 valence electrons. The highest BCUT2D eigenvalue weighted by Gasteiger charge is 2.03. The molecule has 0 saturated heterocycles. The predicted molar refractivity (Wildman–Crippen MR) is 76.3 cm³/mol. The lowest BCUT2D eigenvalue weighted by Gasteiger charge is -2.06. The molecular formula is C16H16FNO2. The number of ether oxygens (including phenoxy) is 1. The second-order valence-electron chi connectivity index (χ2n) is 4.40. The molecule has 1 N–H and O–H groups in total. The Kier molecular flexibility index (Phi) is 4.71. The number of anilines is 1. The second-order valence-corrected chi connectivity index (χ2v) is 4.40. The lowest BCUT2D eigenvalue weighted by molar-refractivity contribution is -0.116. The van der Waals surface area contributed by atoms with E-state index in [2.05, 4.69) is 5.32 Å². The van der Waals surface area contributed by atoms with E-state index in [1.54, 1.807) is 43.5 Å². The van der Waals surface area contributed by atoms with Crippen LogP contribution in [0, 0.1) is 5.82 Å². The molecule has 0 aliphatic heterocycles. The van der Waals surface area contributed by atoms with Crippen molar-refractivity contribution in [2.45, 2.75) is 12.8 Å². The fraction of sp³-hybridized carbons (Fsp3) is 0.188. The Bertz CT molecular complexity index is 564. The van der Waals surface area contributed by atoms with E-state index in [-0.39, 0.29) is 11.7 Å². The zero-order chi connectivity index (χ0) is 14.4. The first kappa shape index (κ1) is 14.1. The normalized spacial score (nSPS) is 10.1. The van der Waals surface area contributed by atoms with Crippen molar-refractivity contribution in [1.29, 1.82) is 0 Å². The second kappa shape index (κ2) is 6.70. The van der Waals surface area contributed by atoms with Crippen molar-refractivity contribution in [3.63, 3.8) is 0 Å². The summed E-state index contributed by atoms with van der Waals surface area (Å²) in [6.45, 7) is 0. The first-order chi connectivity index (χ1) is 9.67. The summed E-state index contributed by atoms with van der Waals surface area (Å²) in [6.07, 6.45) is 0.944. The Balaban J connectivity index is 1.84. The van der Waals surface area contributed by atoms with Gasteiger partial charge in [0.1, 0.15) is 11.6 Å². The third-order valence-corrected chi connectivity index (χ3v) is 2.93. The van der Waals surface area contributed by atoms with Gasteiger partial charge in [-0.2, -0.15) is 0 Å². The number of hydrogen-bond acceptors (Lipinski definition) is 2. The van der Waals surface area contributed by atoms with Gasteiger partial charge in [0.25, 0.3) is 0 Å². The fourth-order valence-corrected chi connectivity index (χ4v) is 1.81. The van der Waals surface area contributed by atoms with E-state index in [9.17, 15) is 9.18 Å². The number of carbonyl (C=O) groups excluding carboxylic acids is 1. The number of hydrogen-bond donors (Lipinski definition) is 1. The summed E-state index contributed by atoms with van der Waals surface area (Å²) < 4.78 is 17.8. The van der Waals surface area contributed by atoms with Crippen molar-refractivity contribution in [1.82, 2.24) is 0 Å². The molecule has 0 radical (unpaired) electrons. The number of rotatable bonds is 5. The molecule has 0 fully saturated rings. The van der Waals surface area contributed by atoms with Crippen LogP contribution in [0.4, 0.5) is 10.1 Å². The van der Waals surface area contributed by atoms with Crippen LogP contribution in [0.1, 0.15) is 12.0 Å². The molecule has 3 nitrogen and oxygen atoms in total. The van der Waals surface area contributed by atoms with E-state index in [1.807, 2.05) is 0 Å². The van der Waals surface area contributed by atoms with Crippen LogP contribution >= 0.6 is 0 Å². The Hall–Kier alpha value is -2.36. The Morgan fingerprint density at radius 1 is 1.10 bits per heavy atom. The van der Waals surface area contributed by atoms with Gasteiger partial charge in [-0.05, 0) is 48.4 Å². The number of aryl methyl sites for hydroxylation is 1. The number of nitrogens with one attached hydrogen (secondary N) is 1. The van der Waals surface area contributed by atoms with Crippen molar-refractivity contribution >= 4 is 11.6 Å². The Labute approximate surface area is 117 Å². The van der Waals surface area contributed by atoms with E-state index >= 15 is 0 Å². The summed E-state index contributed by atoms with van der Waals surface area (Å²) >= 11 is 0. The maximum atomic E-state index is 12.7. The van der Waals surface area contributed by atoms with Crippen LogP contribution in [0.5, 0.6) is 5.75 Å². The van der Waals surface area contributed by atoms with Crippen molar-refractivity contribution < 1.29 is 13.9 Å². The van der Waals surface area contributed by atoms with Gasteiger partial charge in [0.2, 0.25) is 5.91 Å². The van der Waals surface area contributed by atoms with Crippen LogP contribution in [-0.4, -0.2) is 13.0 Å². The highest BCUT2D eigenvalue weighted by Crippen LogP contribution is 2.15. The zero-order valence-electron chi connectivity index (χ0n) is 11.2. The minimum Gasteiger partial charge on any atom is -0.497 e. The third-order valence-electron chi connectivity index (χ3n) is 2.93. The van der Waals surface area contributed by atoms with E-state index in [0.29, 0.717) is 12.8 Å². The minimum absolute atomic E-state index is 0.0699. The summed E-state index contributed by atoms with van der Waals surface area (Å²) in [7, 11) is 1.59. The number of amides is 1. The van der Waals surface area contributed by atoms with Crippen molar-refractivity contribution in [2.75, 3.05) is 12.4 Å². The van der Waals surface area contributed by atoms with Crippen molar-refractivity contribution in [3.05, 3.63) is 59.9 Å². The highest BCUT2D eigenvalue weighted by molar-refractivity contribution is 5.90. The molecule has 2 aromatic carbocycles. The average Bonchev–Trinajstić information content (AvgIpc) is 2.47. The lowest BCUT2D eigenvalue weighted by Crippen LogP contribution is -2.12. The van der Waals surface area contributed by atoms with Gasteiger partial charge >= 0.3 is 0 Å². The maximum absolute atomic E-state index is 12.7. The first-order valence-electron chi connectivity index (χ1n) is 6.36. The standard InChI is InChI=1S/C16H16FNO2/c1-20-15-9-7-14(8-10-15)18-16(19)11-4-12-2-5-13(17)6-3-12/h2-3,5-10H,4,11H2,1H3,(H,18,19). The average molecular weight is 273 g/mol. The predicted octanol–water partition coefficient (Wildman–Crippen LogP) is 3.41. The van der Waals surface area contributed by atoms with Gasteiger partial charge in [-0.15, -0.1) is 0 Å². The van der Waals surface area contributed by atoms with Crippen LogP contribution in [0.15, 0.2) is 48.5 Å². The van der Waals surface area contributed by atoms with Gasteiger partial charge in [-0.3, -0.25) is 4.79 Å².